The summed E-state index contributed by atoms with van der Waals surface area (Å²) in [4.78, 5) is 19.7. The molecular formula is C17H25N5O3S. The summed E-state index contributed by atoms with van der Waals surface area (Å²) in [6.07, 6.45) is 1.89. The second-order valence-corrected chi connectivity index (χ2v) is 6.37. The maximum absolute atomic E-state index is 10.9. The minimum atomic E-state index is -0.101. The van der Waals surface area contributed by atoms with Gasteiger partial charge in [-0.05, 0) is 31.9 Å². The Bertz CT molecular complexity index is 726. The zero-order chi connectivity index (χ0) is 18.8. The summed E-state index contributed by atoms with van der Waals surface area (Å²) in [6.45, 7) is 5.94. The van der Waals surface area contributed by atoms with Crippen molar-refractivity contribution in [2.75, 3.05) is 25.1 Å². The Balaban J connectivity index is 1.82. The standard InChI is InChI=1S/C17H25N5O3S/c1-3-24-9-5-4-8-19-16(18)22-17-21-14(11-26-17)15-7-6-13(25-15)10-20-12(2)23/h6-7,11H,3-5,8-10H2,1-2H3,(H,20,23)(H3,18,19,21,22). The van der Waals surface area contributed by atoms with Crippen LogP contribution in [0.4, 0.5) is 5.13 Å². The topological polar surface area (TPSA) is 115 Å². The number of aromatic nitrogens is 1. The molecular weight excluding hydrogens is 354 g/mol. The number of guanidine groups is 1. The zero-order valence-electron chi connectivity index (χ0n) is 15.1. The van der Waals surface area contributed by atoms with Gasteiger partial charge in [0.25, 0.3) is 0 Å². The molecule has 0 fully saturated rings. The third-order valence-electron chi connectivity index (χ3n) is 3.35. The highest BCUT2D eigenvalue weighted by Crippen LogP contribution is 2.26. The van der Waals surface area contributed by atoms with E-state index in [4.69, 9.17) is 14.9 Å². The van der Waals surface area contributed by atoms with Crippen LogP contribution in [0.1, 0.15) is 32.4 Å². The fraction of sp³-hybridized carbons (Fsp3) is 0.471. The van der Waals surface area contributed by atoms with Crippen molar-refractivity contribution >= 4 is 28.3 Å². The third-order valence-corrected chi connectivity index (χ3v) is 4.11. The van der Waals surface area contributed by atoms with Gasteiger partial charge in [0, 0.05) is 32.1 Å². The highest BCUT2D eigenvalue weighted by molar-refractivity contribution is 7.14. The van der Waals surface area contributed by atoms with Crippen molar-refractivity contribution in [2.24, 2.45) is 10.7 Å². The van der Waals surface area contributed by atoms with Crippen LogP contribution in [0.15, 0.2) is 26.9 Å². The maximum atomic E-state index is 10.9. The van der Waals surface area contributed by atoms with Gasteiger partial charge in [0.15, 0.2) is 16.9 Å². The normalized spacial score (nSPS) is 11.5. The van der Waals surface area contributed by atoms with E-state index in [-0.39, 0.29) is 5.91 Å². The molecule has 2 heterocycles. The number of aliphatic imine (C=N–C) groups is 1. The van der Waals surface area contributed by atoms with Crippen molar-refractivity contribution in [1.82, 2.24) is 10.3 Å². The Morgan fingerprint density at radius 2 is 2.27 bits per heavy atom. The molecule has 142 valence electrons. The van der Waals surface area contributed by atoms with Gasteiger partial charge in [0.05, 0.1) is 6.54 Å². The molecule has 0 aliphatic rings. The monoisotopic (exact) mass is 379 g/mol. The molecule has 0 aliphatic heterocycles. The smallest absolute Gasteiger partial charge is 0.217 e. The number of carbonyl (C=O) groups is 1. The Labute approximate surface area is 156 Å². The van der Waals surface area contributed by atoms with Crippen LogP contribution in [0.2, 0.25) is 0 Å². The number of unbranched alkanes of at least 4 members (excludes halogenated alkanes) is 1. The van der Waals surface area contributed by atoms with E-state index in [1.807, 2.05) is 24.4 Å². The molecule has 4 N–H and O–H groups in total. The van der Waals surface area contributed by atoms with Crippen molar-refractivity contribution in [3.05, 3.63) is 23.3 Å². The van der Waals surface area contributed by atoms with Gasteiger partial charge in [0.1, 0.15) is 11.5 Å². The molecule has 8 nitrogen and oxygen atoms in total. The van der Waals surface area contributed by atoms with Gasteiger partial charge in [0.2, 0.25) is 5.91 Å². The van der Waals surface area contributed by atoms with Gasteiger partial charge in [-0.25, -0.2) is 4.98 Å². The number of anilines is 1. The molecule has 26 heavy (non-hydrogen) atoms. The van der Waals surface area contributed by atoms with E-state index >= 15 is 0 Å². The van der Waals surface area contributed by atoms with E-state index in [0.717, 1.165) is 26.1 Å². The van der Waals surface area contributed by atoms with Crippen LogP contribution in [0.5, 0.6) is 0 Å². The summed E-state index contributed by atoms with van der Waals surface area (Å²) < 4.78 is 11.0. The number of nitrogens with one attached hydrogen (secondary N) is 2. The fourth-order valence-electron chi connectivity index (χ4n) is 2.08. The van der Waals surface area contributed by atoms with Crippen molar-refractivity contribution < 1.29 is 13.9 Å². The molecule has 2 aromatic heterocycles. The first-order valence-electron chi connectivity index (χ1n) is 8.52. The number of amides is 1. The van der Waals surface area contributed by atoms with Crippen LogP contribution in [-0.4, -0.2) is 36.6 Å². The van der Waals surface area contributed by atoms with Crippen LogP contribution >= 0.6 is 11.3 Å². The molecule has 0 aliphatic carbocycles. The minimum Gasteiger partial charge on any atom is -0.458 e. The molecule has 0 saturated carbocycles. The Hall–Kier alpha value is -2.39. The van der Waals surface area contributed by atoms with E-state index in [0.29, 0.717) is 41.4 Å². The van der Waals surface area contributed by atoms with Crippen LogP contribution in [0.3, 0.4) is 0 Å². The Morgan fingerprint density at radius 1 is 1.42 bits per heavy atom. The summed E-state index contributed by atoms with van der Waals surface area (Å²) in [5.74, 6) is 1.55. The lowest BCUT2D eigenvalue weighted by Gasteiger charge is -2.02. The Kier molecular flexibility index (Phi) is 8.10. The average molecular weight is 379 g/mol. The van der Waals surface area contributed by atoms with Crippen LogP contribution in [-0.2, 0) is 16.1 Å². The van der Waals surface area contributed by atoms with Crippen molar-refractivity contribution in [3.8, 4) is 11.5 Å². The minimum absolute atomic E-state index is 0.101. The molecule has 0 spiro atoms. The third kappa shape index (κ3) is 6.85. The fourth-order valence-corrected chi connectivity index (χ4v) is 2.78. The van der Waals surface area contributed by atoms with Gasteiger partial charge >= 0.3 is 0 Å². The van der Waals surface area contributed by atoms with Gasteiger partial charge in [-0.2, -0.15) is 0 Å². The Morgan fingerprint density at radius 3 is 3.04 bits per heavy atom. The van der Waals surface area contributed by atoms with Gasteiger partial charge < -0.3 is 25.5 Å². The molecule has 9 heteroatoms. The largest absolute Gasteiger partial charge is 0.458 e. The quantitative estimate of drug-likeness (QED) is 0.332. The summed E-state index contributed by atoms with van der Waals surface area (Å²) in [5.41, 5.74) is 6.58. The van der Waals surface area contributed by atoms with Crippen LogP contribution in [0.25, 0.3) is 11.5 Å². The molecule has 2 aromatic rings. The highest BCUT2D eigenvalue weighted by Gasteiger charge is 2.10. The predicted octanol–water partition coefficient (Wildman–Crippen LogP) is 2.58. The number of furan rings is 1. The van der Waals surface area contributed by atoms with Gasteiger partial charge in [-0.3, -0.25) is 9.79 Å². The number of carbonyl (C=O) groups excluding carboxylic acids is 1. The first kappa shape index (κ1) is 19.9. The molecule has 1 amide bonds. The van der Waals surface area contributed by atoms with Crippen LogP contribution < -0.4 is 16.4 Å². The molecule has 0 radical (unpaired) electrons. The highest BCUT2D eigenvalue weighted by atomic mass is 32.1. The average Bonchev–Trinajstić information content (AvgIpc) is 3.25. The maximum Gasteiger partial charge on any atom is 0.217 e. The molecule has 0 aromatic carbocycles. The number of hydrogen-bond donors (Lipinski definition) is 3. The van der Waals surface area contributed by atoms with Crippen molar-refractivity contribution in [1.29, 1.82) is 0 Å². The van der Waals surface area contributed by atoms with Crippen molar-refractivity contribution in [3.63, 3.8) is 0 Å². The van der Waals surface area contributed by atoms with Crippen molar-refractivity contribution in [2.45, 2.75) is 33.2 Å². The summed E-state index contributed by atoms with van der Waals surface area (Å²) >= 11 is 1.42. The number of nitrogens with zero attached hydrogens (tertiary/aromatic N) is 2. The van der Waals surface area contributed by atoms with E-state index in [1.54, 1.807) is 0 Å². The first-order valence-corrected chi connectivity index (χ1v) is 9.40. The lowest BCUT2D eigenvalue weighted by molar-refractivity contribution is -0.119. The lowest BCUT2D eigenvalue weighted by Crippen LogP contribution is -2.22. The second-order valence-electron chi connectivity index (χ2n) is 5.51. The lowest BCUT2D eigenvalue weighted by atomic mass is 10.3. The SMILES string of the molecule is CCOCCCCN=C(N)Nc1nc(-c2ccc(CNC(C)=O)o2)cs1. The molecule has 0 atom stereocenters. The van der Waals surface area contributed by atoms with E-state index < -0.39 is 0 Å². The van der Waals surface area contributed by atoms with E-state index in [9.17, 15) is 4.79 Å². The number of thiazole rings is 1. The predicted molar refractivity (Wildman–Crippen MR) is 103 cm³/mol. The number of nitrogens with two attached hydrogens (primary N) is 1. The van der Waals surface area contributed by atoms with Crippen LogP contribution in [0, 0.1) is 0 Å². The second kappa shape index (κ2) is 10.6. The summed E-state index contributed by atoms with van der Waals surface area (Å²) in [5, 5.41) is 8.20. The molecule has 0 bridgehead atoms. The van der Waals surface area contributed by atoms with E-state index in [2.05, 4.69) is 20.6 Å². The van der Waals surface area contributed by atoms with Gasteiger partial charge in [-0.1, -0.05) is 0 Å². The summed E-state index contributed by atoms with van der Waals surface area (Å²) in [6, 6.07) is 3.64. The number of ether oxygens (including phenoxy) is 1. The number of hydrogen-bond acceptors (Lipinski definition) is 6. The molecule has 0 saturated heterocycles. The zero-order valence-corrected chi connectivity index (χ0v) is 15.9. The van der Waals surface area contributed by atoms with Gasteiger partial charge in [-0.15, -0.1) is 11.3 Å². The molecule has 0 unspecified atom stereocenters. The summed E-state index contributed by atoms with van der Waals surface area (Å²) in [7, 11) is 0. The molecule has 2 rings (SSSR count). The first-order chi connectivity index (χ1) is 12.6. The number of rotatable bonds is 10. The van der Waals surface area contributed by atoms with E-state index in [1.165, 1.54) is 18.3 Å².